The topological polar surface area (TPSA) is 65.9 Å². The van der Waals surface area contributed by atoms with Crippen LogP contribution in [0.15, 0.2) is 29.3 Å². The molecule has 1 aromatic carbocycles. The smallest absolute Gasteiger partial charge is 0.191 e. The second kappa shape index (κ2) is 14.2. The van der Waals surface area contributed by atoms with Crippen molar-refractivity contribution in [3.05, 3.63) is 35.6 Å². The van der Waals surface area contributed by atoms with Gasteiger partial charge in [-0.05, 0) is 62.1 Å². The molecule has 1 aromatic rings. The highest BCUT2D eigenvalue weighted by atomic mass is 127. The summed E-state index contributed by atoms with van der Waals surface area (Å²) < 4.78 is 19.5. The first-order valence-electron chi connectivity index (χ1n) is 11.0. The Labute approximate surface area is 198 Å². The summed E-state index contributed by atoms with van der Waals surface area (Å²) in [6, 6.07) is 6.91. The van der Waals surface area contributed by atoms with Gasteiger partial charge < -0.3 is 20.5 Å². The van der Waals surface area contributed by atoms with Crippen LogP contribution in [0.1, 0.15) is 52.0 Å². The zero-order valence-corrected chi connectivity index (χ0v) is 21.0. The Balaban J connectivity index is 0.00000450. The van der Waals surface area contributed by atoms with Crippen LogP contribution in [-0.2, 0) is 10.2 Å². The van der Waals surface area contributed by atoms with Crippen LogP contribution >= 0.6 is 24.0 Å². The van der Waals surface area contributed by atoms with Crippen molar-refractivity contribution in [3.63, 3.8) is 0 Å². The van der Waals surface area contributed by atoms with Gasteiger partial charge in [-0.25, -0.2) is 4.39 Å². The zero-order valence-electron chi connectivity index (χ0n) is 18.6. The summed E-state index contributed by atoms with van der Waals surface area (Å²) in [5.74, 6) is 1.57. The summed E-state index contributed by atoms with van der Waals surface area (Å²) in [6.07, 6.45) is 3.52. The Morgan fingerprint density at radius 2 is 2.00 bits per heavy atom. The van der Waals surface area contributed by atoms with Gasteiger partial charge in [0.25, 0.3) is 0 Å². The molecule has 172 valence electrons. The molecule has 0 saturated carbocycles. The van der Waals surface area contributed by atoms with Crippen LogP contribution in [0.2, 0.25) is 0 Å². The third-order valence-electron chi connectivity index (χ3n) is 5.67. The average Bonchev–Trinajstić information content (AvgIpc) is 2.70. The summed E-state index contributed by atoms with van der Waals surface area (Å²) >= 11 is 0. The molecule has 0 amide bonds. The van der Waals surface area contributed by atoms with E-state index in [4.69, 9.17) is 9.73 Å². The van der Waals surface area contributed by atoms with Crippen LogP contribution in [0, 0.1) is 17.7 Å². The minimum Gasteiger partial charge on any atom is -0.396 e. The molecule has 0 aliphatic carbocycles. The molecule has 1 unspecified atom stereocenters. The molecule has 0 aromatic heterocycles. The van der Waals surface area contributed by atoms with Crippen LogP contribution in [0.25, 0.3) is 0 Å². The van der Waals surface area contributed by atoms with Gasteiger partial charge >= 0.3 is 0 Å². The molecule has 0 spiro atoms. The number of nitrogens with one attached hydrogen (secondary N) is 2. The fourth-order valence-corrected chi connectivity index (χ4v) is 4.08. The number of hydrogen-bond acceptors (Lipinski definition) is 3. The van der Waals surface area contributed by atoms with E-state index in [-0.39, 0.29) is 41.8 Å². The molecule has 30 heavy (non-hydrogen) atoms. The molecule has 1 atom stereocenters. The summed E-state index contributed by atoms with van der Waals surface area (Å²) in [7, 11) is 0. The normalized spacial score (nSPS) is 17.3. The average molecular weight is 535 g/mol. The van der Waals surface area contributed by atoms with E-state index in [0.717, 1.165) is 50.3 Å². The summed E-state index contributed by atoms with van der Waals surface area (Å²) in [5.41, 5.74) is 0.795. The minimum atomic E-state index is -0.206. The minimum absolute atomic E-state index is 0. The molecule has 0 bridgehead atoms. The molecular weight excluding hydrogens is 496 g/mol. The lowest BCUT2D eigenvalue weighted by Crippen LogP contribution is -2.42. The predicted molar refractivity (Wildman–Crippen MR) is 132 cm³/mol. The van der Waals surface area contributed by atoms with Crippen molar-refractivity contribution in [2.24, 2.45) is 16.8 Å². The lowest BCUT2D eigenvalue weighted by Gasteiger charge is -2.36. The molecule has 3 N–H and O–H groups in total. The maximum absolute atomic E-state index is 13.9. The summed E-state index contributed by atoms with van der Waals surface area (Å²) in [4.78, 5) is 4.88. The van der Waals surface area contributed by atoms with Crippen LogP contribution < -0.4 is 10.6 Å². The van der Waals surface area contributed by atoms with Crippen molar-refractivity contribution >= 4 is 29.9 Å². The van der Waals surface area contributed by atoms with Crippen LogP contribution in [0.4, 0.5) is 4.39 Å². The van der Waals surface area contributed by atoms with Crippen molar-refractivity contribution in [2.45, 2.75) is 51.9 Å². The van der Waals surface area contributed by atoms with Gasteiger partial charge in [0, 0.05) is 38.3 Å². The van der Waals surface area contributed by atoms with Crippen LogP contribution in [0.5, 0.6) is 0 Å². The van der Waals surface area contributed by atoms with E-state index in [1.54, 1.807) is 12.1 Å². The molecule has 0 radical (unpaired) electrons. The Morgan fingerprint density at radius 3 is 2.60 bits per heavy atom. The van der Waals surface area contributed by atoms with Gasteiger partial charge in [0.1, 0.15) is 5.82 Å². The first-order chi connectivity index (χ1) is 14.0. The first kappa shape index (κ1) is 27.1. The number of ether oxygens (including phenoxy) is 1. The quantitative estimate of drug-likeness (QED) is 0.240. The molecule has 1 aliphatic heterocycles. The highest BCUT2D eigenvalue weighted by Crippen LogP contribution is 2.35. The lowest BCUT2D eigenvalue weighted by molar-refractivity contribution is 0.0530. The second-order valence-corrected chi connectivity index (χ2v) is 8.49. The molecule has 1 fully saturated rings. The number of guanidine groups is 1. The largest absolute Gasteiger partial charge is 0.396 e. The lowest BCUT2D eigenvalue weighted by atomic mass is 9.74. The standard InChI is InChI=1S/C23H38FN3O2.HI/c1-4-25-22(26-16-19(8-11-28)14-18(2)3)27-17-23(9-12-29-13-10-23)20-6-5-7-21(24)15-20;/h5-7,15,18-19,28H,4,8-14,16-17H2,1-3H3,(H2,25,26,27);1H. The Hall–Kier alpha value is -0.930. The highest BCUT2D eigenvalue weighted by molar-refractivity contribution is 14.0. The SMILES string of the molecule is CCNC(=NCC1(c2cccc(F)c2)CCOCC1)NCC(CCO)CC(C)C.I. The van der Waals surface area contributed by atoms with E-state index < -0.39 is 0 Å². The van der Waals surface area contributed by atoms with Gasteiger partial charge in [-0.15, -0.1) is 24.0 Å². The maximum atomic E-state index is 13.9. The van der Waals surface area contributed by atoms with Crippen molar-refractivity contribution in [3.8, 4) is 0 Å². The van der Waals surface area contributed by atoms with Gasteiger partial charge in [0.05, 0.1) is 6.54 Å². The molecule has 5 nitrogen and oxygen atoms in total. The van der Waals surface area contributed by atoms with E-state index in [2.05, 4.69) is 24.5 Å². The van der Waals surface area contributed by atoms with Crippen LogP contribution in [0.3, 0.4) is 0 Å². The number of halogens is 2. The van der Waals surface area contributed by atoms with Gasteiger partial charge in [-0.2, -0.15) is 0 Å². The van der Waals surface area contributed by atoms with Gasteiger partial charge in [-0.1, -0.05) is 26.0 Å². The zero-order chi connectivity index (χ0) is 21.1. The number of benzene rings is 1. The fraction of sp³-hybridized carbons (Fsp3) is 0.696. The van der Waals surface area contributed by atoms with E-state index in [1.165, 1.54) is 6.07 Å². The molecule has 1 aliphatic rings. The number of aliphatic hydroxyl groups is 1. The molecule has 1 saturated heterocycles. The van der Waals surface area contributed by atoms with Crippen molar-refractivity contribution in [2.75, 3.05) is 39.5 Å². The summed E-state index contributed by atoms with van der Waals surface area (Å²) in [6.45, 7) is 10.1. The predicted octanol–water partition coefficient (Wildman–Crippen LogP) is 4.09. The number of aliphatic imine (C=N–C) groups is 1. The number of rotatable bonds is 10. The number of nitrogens with zero attached hydrogens (tertiary/aromatic N) is 1. The van der Waals surface area contributed by atoms with Gasteiger partial charge in [0.2, 0.25) is 0 Å². The Bertz CT molecular complexity index is 637. The van der Waals surface area contributed by atoms with Crippen molar-refractivity contribution in [1.29, 1.82) is 0 Å². The van der Waals surface area contributed by atoms with Crippen LogP contribution in [-0.4, -0.2) is 50.5 Å². The highest BCUT2D eigenvalue weighted by Gasteiger charge is 2.34. The van der Waals surface area contributed by atoms with E-state index in [0.29, 0.717) is 31.6 Å². The van der Waals surface area contributed by atoms with Gasteiger partial charge in [0.15, 0.2) is 5.96 Å². The summed E-state index contributed by atoms with van der Waals surface area (Å²) in [5, 5.41) is 16.1. The fourth-order valence-electron chi connectivity index (χ4n) is 4.08. The Morgan fingerprint density at radius 1 is 1.27 bits per heavy atom. The van der Waals surface area contributed by atoms with Gasteiger partial charge in [-0.3, -0.25) is 4.99 Å². The van der Waals surface area contributed by atoms with E-state index in [1.807, 2.05) is 13.0 Å². The van der Waals surface area contributed by atoms with Crippen molar-refractivity contribution in [1.82, 2.24) is 10.6 Å². The second-order valence-electron chi connectivity index (χ2n) is 8.49. The monoisotopic (exact) mass is 535 g/mol. The maximum Gasteiger partial charge on any atom is 0.191 e. The van der Waals surface area contributed by atoms with Crippen molar-refractivity contribution < 1.29 is 14.2 Å². The molecule has 1 heterocycles. The molecular formula is C23H39FIN3O2. The van der Waals surface area contributed by atoms with E-state index in [9.17, 15) is 9.50 Å². The Kier molecular flexibility index (Phi) is 12.8. The molecule has 7 heteroatoms. The first-order valence-corrected chi connectivity index (χ1v) is 11.0. The number of hydrogen-bond donors (Lipinski definition) is 3. The third-order valence-corrected chi connectivity index (χ3v) is 5.67. The molecule has 2 rings (SSSR count). The third kappa shape index (κ3) is 8.67. The number of aliphatic hydroxyl groups excluding tert-OH is 1. The van der Waals surface area contributed by atoms with E-state index >= 15 is 0 Å².